The molecule has 7 heteroatoms. The second-order valence-corrected chi connectivity index (χ2v) is 7.85. The Kier molecular flexibility index (Phi) is 5.01. The van der Waals surface area contributed by atoms with E-state index in [0.717, 1.165) is 5.56 Å². The molecule has 3 aromatic rings. The number of aliphatic hydroxyl groups excluding tert-OH is 1. The normalized spacial score (nSPS) is 18.6. The molecule has 0 spiro atoms. The number of fused-ring (bicyclic) bond motifs is 1. The fourth-order valence-electron chi connectivity index (χ4n) is 4.11. The van der Waals surface area contributed by atoms with Gasteiger partial charge in [-0.15, -0.1) is 0 Å². The number of benzene rings is 3. The first-order valence-corrected chi connectivity index (χ1v) is 10.4. The summed E-state index contributed by atoms with van der Waals surface area (Å²) in [4.78, 5) is 27.8. The average molecular weight is 443 g/mol. The van der Waals surface area contributed by atoms with E-state index in [2.05, 4.69) is 0 Å². The molecule has 5 rings (SSSR count). The number of ketones is 1. The number of aliphatic hydroxyl groups is 1. The van der Waals surface area contributed by atoms with E-state index in [4.69, 9.17) is 14.2 Å². The van der Waals surface area contributed by atoms with Crippen molar-refractivity contribution < 1.29 is 28.9 Å². The van der Waals surface area contributed by atoms with Crippen LogP contribution in [-0.4, -0.2) is 30.7 Å². The maximum absolute atomic E-state index is 13.2. The largest absolute Gasteiger partial charge is 0.507 e. The number of carbonyl (C=O) groups excluding carboxylic acids is 2. The highest BCUT2D eigenvalue weighted by Crippen LogP contribution is 2.43. The Morgan fingerprint density at radius 1 is 0.970 bits per heavy atom. The molecule has 0 radical (unpaired) electrons. The van der Waals surface area contributed by atoms with Crippen molar-refractivity contribution in [3.63, 3.8) is 0 Å². The molecule has 1 atom stereocenters. The minimum Gasteiger partial charge on any atom is -0.507 e. The fourth-order valence-corrected chi connectivity index (χ4v) is 4.11. The molecule has 2 heterocycles. The molecule has 166 valence electrons. The Morgan fingerprint density at radius 2 is 1.67 bits per heavy atom. The van der Waals surface area contributed by atoms with Gasteiger partial charge in [-0.1, -0.05) is 29.8 Å². The van der Waals surface area contributed by atoms with Crippen LogP contribution in [0.5, 0.6) is 17.2 Å². The van der Waals surface area contributed by atoms with Crippen LogP contribution in [0.3, 0.4) is 0 Å². The summed E-state index contributed by atoms with van der Waals surface area (Å²) in [6, 6.07) is 18.5. The number of ether oxygens (including phenoxy) is 3. The molecule has 1 fully saturated rings. The van der Waals surface area contributed by atoms with Crippen molar-refractivity contribution in [2.45, 2.75) is 13.0 Å². The van der Waals surface area contributed by atoms with Gasteiger partial charge in [0.2, 0.25) is 6.79 Å². The molecule has 0 aliphatic carbocycles. The number of amides is 1. The van der Waals surface area contributed by atoms with Gasteiger partial charge in [-0.2, -0.15) is 0 Å². The van der Waals surface area contributed by atoms with Crippen molar-refractivity contribution in [2.75, 3.05) is 18.8 Å². The topological polar surface area (TPSA) is 85.3 Å². The number of rotatable bonds is 4. The highest BCUT2D eigenvalue weighted by molar-refractivity contribution is 6.51. The van der Waals surface area contributed by atoms with Crippen molar-refractivity contribution in [2.24, 2.45) is 0 Å². The molecule has 7 nitrogen and oxygen atoms in total. The smallest absolute Gasteiger partial charge is 0.300 e. The van der Waals surface area contributed by atoms with Crippen molar-refractivity contribution in [3.05, 3.63) is 89.0 Å². The Balaban J connectivity index is 1.69. The van der Waals surface area contributed by atoms with E-state index in [0.29, 0.717) is 34.1 Å². The molecule has 0 aromatic heterocycles. The number of Topliss-reactive ketones (excluding diaryl/α,β-unsaturated/α-hetero) is 1. The second-order valence-electron chi connectivity index (χ2n) is 7.85. The lowest BCUT2D eigenvalue weighted by molar-refractivity contribution is -0.132. The summed E-state index contributed by atoms with van der Waals surface area (Å²) in [6.07, 6.45) is 0. The van der Waals surface area contributed by atoms with Crippen LogP contribution < -0.4 is 19.1 Å². The number of aryl methyl sites for hydroxylation is 1. The van der Waals surface area contributed by atoms with Crippen LogP contribution in [0, 0.1) is 6.92 Å². The molecular formula is C26H21NO6. The van der Waals surface area contributed by atoms with Crippen molar-refractivity contribution in [1.29, 1.82) is 0 Å². The monoisotopic (exact) mass is 443 g/mol. The van der Waals surface area contributed by atoms with Crippen LogP contribution in [0.4, 0.5) is 5.69 Å². The van der Waals surface area contributed by atoms with Gasteiger partial charge in [-0.05, 0) is 55.0 Å². The zero-order valence-corrected chi connectivity index (χ0v) is 18.1. The van der Waals surface area contributed by atoms with E-state index in [-0.39, 0.29) is 18.1 Å². The number of hydrogen-bond donors (Lipinski definition) is 1. The van der Waals surface area contributed by atoms with Crippen LogP contribution in [0.25, 0.3) is 5.76 Å². The van der Waals surface area contributed by atoms with Crippen LogP contribution >= 0.6 is 0 Å². The number of anilines is 1. The maximum atomic E-state index is 13.2. The van der Waals surface area contributed by atoms with Crippen LogP contribution in [-0.2, 0) is 9.59 Å². The van der Waals surface area contributed by atoms with Gasteiger partial charge < -0.3 is 19.3 Å². The predicted octanol–water partition coefficient (Wildman–Crippen LogP) is 4.36. The second kappa shape index (κ2) is 8.02. The lowest BCUT2D eigenvalue weighted by Gasteiger charge is -2.25. The summed E-state index contributed by atoms with van der Waals surface area (Å²) < 4.78 is 16.0. The van der Waals surface area contributed by atoms with E-state index < -0.39 is 17.7 Å². The molecule has 2 aliphatic rings. The van der Waals surface area contributed by atoms with Gasteiger partial charge in [-0.25, -0.2) is 0 Å². The third-order valence-corrected chi connectivity index (χ3v) is 5.83. The molecule has 1 saturated heterocycles. The van der Waals surface area contributed by atoms with Crippen molar-refractivity contribution in [3.8, 4) is 17.2 Å². The van der Waals surface area contributed by atoms with E-state index >= 15 is 0 Å². The van der Waals surface area contributed by atoms with Crippen LogP contribution in [0.2, 0.25) is 0 Å². The molecule has 2 aliphatic heterocycles. The van der Waals surface area contributed by atoms with Gasteiger partial charge in [0.25, 0.3) is 11.7 Å². The Bertz CT molecular complexity index is 1280. The van der Waals surface area contributed by atoms with Gasteiger partial charge in [-0.3, -0.25) is 14.5 Å². The molecule has 33 heavy (non-hydrogen) atoms. The molecular weight excluding hydrogens is 422 g/mol. The molecule has 0 bridgehead atoms. The van der Waals surface area contributed by atoms with Gasteiger partial charge >= 0.3 is 0 Å². The Morgan fingerprint density at radius 3 is 2.36 bits per heavy atom. The first-order valence-electron chi connectivity index (χ1n) is 10.4. The zero-order valence-electron chi connectivity index (χ0n) is 18.1. The standard InChI is InChI=1S/C26H21NO6/c1-15-3-8-18(9-4-15)27-23(16-5-10-19(31-2)11-6-16)22(25(29)26(27)30)24(28)17-7-12-20-21(13-17)33-14-32-20/h3-13,23,28H,14H2,1-2H3/b24-22-. The summed E-state index contributed by atoms with van der Waals surface area (Å²) in [7, 11) is 1.56. The fraction of sp³-hybridized carbons (Fsp3) is 0.154. The van der Waals surface area contributed by atoms with Crippen LogP contribution in [0.1, 0.15) is 22.7 Å². The van der Waals surface area contributed by atoms with Gasteiger partial charge in [0.05, 0.1) is 18.7 Å². The van der Waals surface area contributed by atoms with Gasteiger partial charge in [0.1, 0.15) is 11.5 Å². The first kappa shape index (κ1) is 20.6. The van der Waals surface area contributed by atoms with E-state index in [9.17, 15) is 14.7 Å². The third-order valence-electron chi connectivity index (χ3n) is 5.83. The average Bonchev–Trinajstić information content (AvgIpc) is 3.41. The predicted molar refractivity (Wildman–Crippen MR) is 122 cm³/mol. The first-order chi connectivity index (χ1) is 16.0. The SMILES string of the molecule is COc1ccc(C2/C(=C(/O)c3ccc4c(c3)OCO4)C(=O)C(=O)N2c2ccc(C)cc2)cc1. The minimum atomic E-state index is -0.816. The summed E-state index contributed by atoms with van der Waals surface area (Å²) in [6.45, 7) is 2.03. The van der Waals surface area contributed by atoms with Crippen molar-refractivity contribution >= 4 is 23.1 Å². The summed E-state index contributed by atoms with van der Waals surface area (Å²) in [5.74, 6) is -0.0800. The lowest BCUT2D eigenvalue weighted by atomic mass is 9.95. The molecule has 1 N–H and O–H groups in total. The third kappa shape index (κ3) is 3.47. The number of methoxy groups -OCH3 is 1. The summed E-state index contributed by atoms with van der Waals surface area (Å²) in [5, 5.41) is 11.2. The molecule has 1 unspecified atom stereocenters. The lowest BCUT2D eigenvalue weighted by Crippen LogP contribution is -2.29. The summed E-state index contributed by atoms with van der Waals surface area (Å²) in [5.41, 5.74) is 2.62. The van der Waals surface area contributed by atoms with Gasteiger partial charge in [0, 0.05) is 11.3 Å². The Labute approximate surface area is 190 Å². The van der Waals surface area contributed by atoms with E-state index in [1.54, 1.807) is 61.7 Å². The highest BCUT2D eigenvalue weighted by atomic mass is 16.7. The van der Waals surface area contributed by atoms with Gasteiger partial charge in [0.15, 0.2) is 11.5 Å². The summed E-state index contributed by atoms with van der Waals surface area (Å²) >= 11 is 0. The van der Waals surface area contributed by atoms with Crippen molar-refractivity contribution in [1.82, 2.24) is 0 Å². The Hall–Kier alpha value is -4.26. The molecule has 1 amide bonds. The van der Waals surface area contributed by atoms with Crippen LogP contribution in [0.15, 0.2) is 72.3 Å². The number of nitrogens with zero attached hydrogens (tertiary/aromatic N) is 1. The molecule has 0 saturated carbocycles. The number of carbonyl (C=O) groups is 2. The van der Waals surface area contributed by atoms with E-state index in [1.165, 1.54) is 4.90 Å². The highest BCUT2D eigenvalue weighted by Gasteiger charge is 2.47. The number of hydrogen-bond acceptors (Lipinski definition) is 6. The minimum absolute atomic E-state index is 0.00427. The quantitative estimate of drug-likeness (QED) is 0.366. The van der Waals surface area contributed by atoms with E-state index in [1.807, 2.05) is 19.1 Å². The molecule has 3 aromatic carbocycles. The maximum Gasteiger partial charge on any atom is 0.300 e. The zero-order chi connectivity index (χ0) is 23.1.